The van der Waals surface area contributed by atoms with E-state index < -0.39 is 18.2 Å². The largest absolute Gasteiger partial charge is 0.444 e. The molecular formula is C22H24N2O3S. The zero-order valence-corrected chi connectivity index (χ0v) is 16.3. The minimum Gasteiger partial charge on any atom is -0.444 e. The first-order valence-electron chi connectivity index (χ1n) is 9.27. The highest BCUT2D eigenvalue weighted by atomic mass is 32.1. The van der Waals surface area contributed by atoms with E-state index in [9.17, 15) is 9.90 Å². The highest BCUT2D eigenvalue weighted by Gasteiger charge is 2.22. The first-order chi connectivity index (χ1) is 13.7. The number of alkyl carbamates (subject to hydrolysis) is 1. The Labute approximate surface area is 169 Å². The Morgan fingerprint density at radius 3 is 2.39 bits per heavy atom. The lowest BCUT2D eigenvalue weighted by Crippen LogP contribution is -2.45. The molecule has 0 fully saturated rings. The van der Waals surface area contributed by atoms with Gasteiger partial charge < -0.3 is 15.2 Å². The number of aromatic nitrogens is 1. The Bertz CT molecular complexity index is 826. The summed E-state index contributed by atoms with van der Waals surface area (Å²) in [4.78, 5) is 17.1. The van der Waals surface area contributed by atoms with Gasteiger partial charge in [0, 0.05) is 6.20 Å². The molecule has 0 aliphatic heterocycles. The predicted molar refractivity (Wildman–Crippen MR) is 110 cm³/mol. The molecule has 0 aliphatic rings. The van der Waals surface area contributed by atoms with Crippen LogP contribution in [0.5, 0.6) is 0 Å². The topological polar surface area (TPSA) is 71.5 Å². The molecule has 0 spiro atoms. The molecular weight excluding hydrogens is 372 g/mol. The zero-order valence-electron chi connectivity index (χ0n) is 15.5. The molecule has 1 heterocycles. The molecule has 6 heteroatoms. The van der Waals surface area contributed by atoms with E-state index in [1.165, 1.54) is 11.3 Å². The summed E-state index contributed by atoms with van der Waals surface area (Å²) in [7, 11) is 0. The van der Waals surface area contributed by atoms with Crippen LogP contribution in [-0.4, -0.2) is 28.3 Å². The summed E-state index contributed by atoms with van der Waals surface area (Å²) in [5.41, 5.74) is 3.91. The lowest BCUT2D eigenvalue weighted by Gasteiger charge is -2.24. The van der Waals surface area contributed by atoms with Gasteiger partial charge in [0.2, 0.25) is 0 Å². The van der Waals surface area contributed by atoms with Gasteiger partial charge in [-0.05, 0) is 30.4 Å². The maximum absolute atomic E-state index is 12.3. The normalized spacial score (nSPS) is 12.9. The Balaban J connectivity index is 1.59. The van der Waals surface area contributed by atoms with Crippen LogP contribution >= 0.6 is 11.3 Å². The van der Waals surface area contributed by atoms with Crippen LogP contribution in [0.25, 0.3) is 0 Å². The molecule has 2 atom stereocenters. The third-order valence-electron chi connectivity index (χ3n) is 4.47. The van der Waals surface area contributed by atoms with Gasteiger partial charge in [0.1, 0.15) is 6.61 Å². The number of ether oxygens (including phenoxy) is 1. The number of carbonyl (C=O) groups excluding carboxylic acids is 1. The summed E-state index contributed by atoms with van der Waals surface area (Å²) in [6, 6.07) is 19.4. The molecule has 146 valence electrons. The molecule has 2 aromatic carbocycles. The number of hydrogen-bond donors (Lipinski definition) is 2. The van der Waals surface area contributed by atoms with E-state index in [0.29, 0.717) is 12.8 Å². The van der Waals surface area contributed by atoms with E-state index in [1.807, 2.05) is 60.7 Å². The van der Waals surface area contributed by atoms with E-state index in [0.717, 1.165) is 22.4 Å². The SMILES string of the molecule is O=C(NC(Cc1ccccc1)C(O)CCc1ccccc1)OCc1cncs1. The number of nitrogens with one attached hydrogen (secondary N) is 1. The molecule has 3 rings (SSSR count). The van der Waals surface area contributed by atoms with E-state index in [2.05, 4.69) is 10.3 Å². The summed E-state index contributed by atoms with van der Waals surface area (Å²) in [5, 5.41) is 13.6. The highest BCUT2D eigenvalue weighted by Crippen LogP contribution is 2.13. The number of hydrogen-bond acceptors (Lipinski definition) is 5. The molecule has 0 radical (unpaired) electrons. The summed E-state index contributed by atoms with van der Waals surface area (Å²) in [6.07, 6.45) is 2.28. The van der Waals surface area contributed by atoms with Crippen LogP contribution in [0.4, 0.5) is 4.79 Å². The first-order valence-corrected chi connectivity index (χ1v) is 10.2. The predicted octanol–water partition coefficient (Wildman–Crippen LogP) is 3.97. The van der Waals surface area contributed by atoms with Gasteiger partial charge >= 0.3 is 6.09 Å². The van der Waals surface area contributed by atoms with Crippen LogP contribution in [0.1, 0.15) is 22.4 Å². The van der Waals surface area contributed by atoms with Crippen LogP contribution in [-0.2, 0) is 24.2 Å². The number of aryl methyl sites for hydroxylation is 1. The molecule has 0 aliphatic carbocycles. The first kappa shape index (κ1) is 20.0. The van der Waals surface area contributed by atoms with Gasteiger partial charge in [-0.1, -0.05) is 60.7 Å². The summed E-state index contributed by atoms with van der Waals surface area (Å²) < 4.78 is 5.28. The fourth-order valence-corrected chi connectivity index (χ4v) is 3.46. The number of carbonyl (C=O) groups is 1. The number of rotatable bonds is 9. The van der Waals surface area contributed by atoms with Crippen LogP contribution in [0, 0.1) is 0 Å². The maximum Gasteiger partial charge on any atom is 0.407 e. The van der Waals surface area contributed by atoms with E-state index >= 15 is 0 Å². The third kappa shape index (κ3) is 6.48. The van der Waals surface area contributed by atoms with Gasteiger partial charge in [-0.3, -0.25) is 4.98 Å². The number of amides is 1. The second-order valence-corrected chi connectivity index (χ2v) is 7.55. The second kappa shape index (κ2) is 10.6. The van der Waals surface area contributed by atoms with Gasteiger partial charge in [0.25, 0.3) is 0 Å². The van der Waals surface area contributed by atoms with E-state index in [1.54, 1.807) is 11.7 Å². The molecule has 0 saturated heterocycles. The van der Waals surface area contributed by atoms with Crippen molar-refractivity contribution in [1.82, 2.24) is 10.3 Å². The maximum atomic E-state index is 12.3. The number of benzene rings is 2. The second-order valence-electron chi connectivity index (χ2n) is 6.58. The smallest absolute Gasteiger partial charge is 0.407 e. The molecule has 0 saturated carbocycles. The molecule has 3 aromatic rings. The molecule has 2 unspecified atom stereocenters. The Morgan fingerprint density at radius 2 is 1.75 bits per heavy atom. The number of aliphatic hydroxyl groups is 1. The van der Waals surface area contributed by atoms with Crippen molar-refractivity contribution < 1.29 is 14.6 Å². The number of aliphatic hydroxyl groups excluding tert-OH is 1. The van der Waals surface area contributed by atoms with Crippen molar-refractivity contribution in [3.63, 3.8) is 0 Å². The summed E-state index contributed by atoms with van der Waals surface area (Å²) >= 11 is 1.43. The summed E-state index contributed by atoms with van der Waals surface area (Å²) in [5.74, 6) is 0. The monoisotopic (exact) mass is 396 g/mol. The van der Waals surface area contributed by atoms with Gasteiger partial charge in [0.05, 0.1) is 22.5 Å². The fraction of sp³-hybridized carbons (Fsp3) is 0.273. The van der Waals surface area contributed by atoms with E-state index in [4.69, 9.17) is 4.74 Å². The van der Waals surface area contributed by atoms with Crippen molar-refractivity contribution in [3.8, 4) is 0 Å². The number of thiazole rings is 1. The van der Waals surface area contributed by atoms with Crippen LogP contribution in [0.3, 0.4) is 0 Å². The van der Waals surface area contributed by atoms with E-state index in [-0.39, 0.29) is 6.61 Å². The molecule has 1 aromatic heterocycles. The van der Waals surface area contributed by atoms with Crippen molar-refractivity contribution in [3.05, 3.63) is 88.4 Å². The van der Waals surface area contributed by atoms with Gasteiger partial charge in [-0.2, -0.15) is 0 Å². The molecule has 28 heavy (non-hydrogen) atoms. The fourth-order valence-electron chi connectivity index (χ4n) is 2.95. The van der Waals surface area contributed by atoms with Crippen LogP contribution < -0.4 is 5.32 Å². The van der Waals surface area contributed by atoms with Crippen molar-refractivity contribution in [2.75, 3.05) is 0 Å². The van der Waals surface area contributed by atoms with Gasteiger partial charge in [-0.15, -0.1) is 11.3 Å². The lowest BCUT2D eigenvalue weighted by atomic mass is 9.96. The average molecular weight is 397 g/mol. The number of nitrogens with zero attached hydrogens (tertiary/aromatic N) is 1. The van der Waals surface area contributed by atoms with Crippen LogP contribution in [0.2, 0.25) is 0 Å². The molecule has 2 N–H and O–H groups in total. The van der Waals surface area contributed by atoms with Gasteiger partial charge in [0.15, 0.2) is 0 Å². The Kier molecular flexibility index (Phi) is 7.58. The Hall–Kier alpha value is -2.70. The van der Waals surface area contributed by atoms with Crippen molar-refractivity contribution in [2.45, 2.75) is 38.0 Å². The summed E-state index contributed by atoms with van der Waals surface area (Å²) in [6.45, 7) is 0.175. The quantitative estimate of drug-likeness (QED) is 0.574. The Morgan fingerprint density at radius 1 is 1.07 bits per heavy atom. The minimum absolute atomic E-state index is 0.175. The van der Waals surface area contributed by atoms with Crippen molar-refractivity contribution in [1.29, 1.82) is 0 Å². The van der Waals surface area contributed by atoms with Crippen LogP contribution in [0.15, 0.2) is 72.4 Å². The lowest BCUT2D eigenvalue weighted by molar-refractivity contribution is 0.0970. The van der Waals surface area contributed by atoms with Gasteiger partial charge in [-0.25, -0.2) is 4.79 Å². The average Bonchev–Trinajstić information content (AvgIpc) is 3.25. The molecule has 1 amide bonds. The zero-order chi connectivity index (χ0) is 19.6. The van der Waals surface area contributed by atoms with Crippen molar-refractivity contribution >= 4 is 17.4 Å². The highest BCUT2D eigenvalue weighted by molar-refractivity contribution is 7.09. The minimum atomic E-state index is -0.684. The third-order valence-corrected chi connectivity index (χ3v) is 5.22. The molecule has 5 nitrogen and oxygen atoms in total. The standard InChI is InChI=1S/C22H24N2O3S/c25-21(12-11-17-7-3-1-4-8-17)20(13-18-9-5-2-6-10-18)24-22(26)27-15-19-14-23-16-28-19/h1-10,14,16,20-21,25H,11-13,15H2,(H,24,26). The van der Waals surface area contributed by atoms with Crippen molar-refractivity contribution in [2.24, 2.45) is 0 Å². The molecule has 0 bridgehead atoms.